The van der Waals surface area contributed by atoms with E-state index in [0.717, 1.165) is 0 Å². The smallest absolute Gasteiger partial charge is 0.254 e. The molecule has 0 bridgehead atoms. The second-order valence-electron chi connectivity index (χ2n) is 2.58. The molecular formula is C7H13NO3. The standard InChI is InChI=1S/C7H13NO3/c1-8-6(9)7(10-2)3-4-11-5-7/h3-5H2,1-2H3,(H,8,9). The second kappa shape index (κ2) is 3.19. The summed E-state index contributed by atoms with van der Waals surface area (Å²) in [6, 6.07) is 0. The molecule has 0 spiro atoms. The topological polar surface area (TPSA) is 47.6 Å². The van der Waals surface area contributed by atoms with Gasteiger partial charge in [0.15, 0.2) is 5.60 Å². The van der Waals surface area contributed by atoms with Crippen molar-refractivity contribution in [2.24, 2.45) is 0 Å². The third kappa shape index (κ3) is 1.36. The van der Waals surface area contributed by atoms with Crippen LogP contribution < -0.4 is 5.32 Å². The first-order valence-electron chi connectivity index (χ1n) is 3.60. The van der Waals surface area contributed by atoms with Crippen molar-refractivity contribution >= 4 is 5.91 Å². The van der Waals surface area contributed by atoms with E-state index in [2.05, 4.69) is 5.32 Å². The van der Waals surface area contributed by atoms with Gasteiger partial charge in [-0.25, -0.2) is 0 Å². The molecule has 0 radical (unpaired) electrons. The average molecular weight is 159 g/mol. The van der Waals surface area contributed by atoms with Crippen molar-refractivity contribution in [2.75, 3.05) is 27.4 Å². The number of carbonyl (C=O) groups is 1. The molecule has 0 aliphatic carbocycles. The van der Waals surface area contributed by atoms with Crippen LogP contribution in [-0.4, -0.2) is 38.9 Å². The van der Waals surface area contributed by atoms with Gasteiger partial charge in [-0.05, 0) is 0 Å². The molecule has 1 amide bonds. The van der Waals surface area contributed by atoms with Gasteiger partial charge in [0.2, 0.25) is 0 Å². The fourth-order valence-corrected chi connectivity index (χ4v) is 1.21. The maximum atomic E-state index is 11.3. The number of methoxy groups -OCH3 is 1. The first kappa shape index (κ1) is 8.49. The van der Waals surface area contributed by atoms with Crippen LogP contribution in [0.3, 0.4) is 0 Å². The molecule has 1 heterocycles. The van der Waals surface area contributed by atoms with E-state index >= 15 is 0 Å². The van der Waals surface area contributed by atoms with Gasteiger partial charge < -0.3 is 14.8 Å². The maximum absolute atomic E-state index is 11.3. The van der Waals surface area contributed by atoms with Crippen molar-refractivity contribution in [3.05, 3.63) is 0 Å². The summed E-state index contributed by atoms with van der Waals surface area (Å²) in [5, 5.41) is 2.55. The Morgan fingerprint density at radius 1 is 1.73 bits per heavy atom. The van der Waals surface area contributed by atoms with E-state index in [1.54, 1.807) is 7.05 Å². The quantitative estimate of drug-likeness (QED) is 0.593. The monoisotopic (exact) mass is 159 g/mol. The largest absolute Gasteiger partial charge is 0.378 e. The Kier molecular flexibility index (Phi) is 2.46. The summed E-state index contributed by atoms with van der Waals surface area (Å²) in [5.74, 6) is -0.0995. The van der Waals surface area contributed by atoms with Crippen LogP contribution in [0.4, 0.5) is 0 Å². The molecule has 0 saturated carbocycles. The lowest BCUT2D eigenvalue weighted by Crippen LogP contribution is -2.47. The molecule has 0 aromatic heterocycles. The Labute approximate surface area is 65.9 Å². The molecule has 1 rings (SSSR count). The number of ether oxygens (including phenoxy) is 2. The van der Waals surface area contributed by atoms with E-state index in [-0.39, 0.29) is 5.91 Å². The predicted molar refractivity (Wildman–Crippen MR) is 39.2 cm³/mol. The summed E-state index contributed by atoms with van der Waals surface area (Å²) in [6.07, 6.45) is 0.642. The van der Waals surface area contributed by atoms with Gasteiger partial charge in [-0.15, -0.1) is 0 Å². The molecule has 4 heteroatoms. The van der Waals surface area contributed by atoms with Gasteiger partial charge in [0, 0.05) is 20.6 Å². The van der Waals surface area contributed by atoms with Crippen LogP contribution >= 0.6 is 0 Å². The molecule has 1 atom stereocenters. The Bertz CT molecular complexity index is 152. The summed E-state index contributed by atoms with van der Waals surface area (Å²) in [7, 11) is 3.13. The SMILES string of the molecule is CNC(=O)C1(OC)CCOC1. The number of carbonyl (C=O) groups excluding carboxylic acids is 1. The molecule has 1 unspecified atom stereocenters. The highest BCUT2D eigenvalue weighted by atomic mass is 16.6. The molecule has 1 aliphatic rings. The highest BCUT2D eigenvalue weighted by Crippen LogP contribution is 2.22. The van der Waals surface area contributed by atoms with Gasteiger partial charge in [-0.3, -0.25) is 4.79 Å². The number of hydrogen-bond donors (Lipinski definition) is 1. The van der Waals surface area contributed by atoms with Gasteiger partial charge in [0.25, 0.3) is 5.91 Å². The van der Waals surface area contributed by atoms with Crippen molar-refractivity contribution < 1.29 is 14.3 Å². The highest BCUT2D eigenvalue weighted by Gasteiger charge is 2.41. The molecular weight excluding hydrogens is 146 g/mol. The molecule has 1 fully saturated rings. The van der Waals surface area contributed by atoms with Crippen LogP contribution in [0, 0.1) is 0 Å². The van der Waals surface area contributed by atoms with E-state index in [1.165, 1.54) is 7.11 Å². The average Bonchev–Trinajstić information content (AvgIpc) is 2.52. The van der Waals surface area contributed by atoms with E-state index in [0.29, 0.717) is 19.6 Å². The summed E-state index contributed by atoms with van der Waals surface area (Å²) in [4.78, 5) is 11.3. The van der Waals surface area contributed by atoms with Gasteiger partial charge >= 0.3 is 0 Å². The van der Waals surface area contributed by atoms with Gasteiger partial charge in [0.1, 0.15) is 0 Å². The van der Waals surface area contributed by atoms with Crippen molar-refractivity contribution in [1.82, 2.24) is 5.32 Å². The number of likely N-dealkylation sites (N-methyl/N-ethyl adjacent to an activating group) is 1. The molecule has 11 heavy (non-hydrogen) atoms. The van der Waals surface area contributed by atoms with Crippen LogP contribution in [-0.2, 0) is 14.3 Å². The molecule has 0 aromatic carbocycles. The lowest BCUT2D eigenvalue weighted by Gasteiger charge is -2.22. The first-order valence-corrected chi connectivity index (χ1v) is 3.60. The van der Waals surface area contributed by atoms with Crippen LogP contribution in [0.1, 0.15) is 6.42 Å². The van der Waals surface area contributed by atoms with E-state index < -0.39 is 5.60 Å². The van der Waals surface area contributed by atoms with Crippen LogP contribution in [0.15, 0.2) is 0 Å². The van der Waals surface area contributed by atoms with Gasteiger partial charge in [-0.2, -0.15) is 0 Å². The zero-order valence-corrected chi connectivity index (χ0v) is 6.85. The predicted octanol–water partition coefficient (Wildman–Crippen LogP) is -0.462. The third-order valence-electron chi connectivity index (χ3n) is 2.02. The summed E-state index contributed by atoms with van der Waals surface area (Å²) < 4.78 is 10.2. The minimum absolute atomic E-state index is 0.0995. The number of nitrogens with one attached hydrogen (secondary N) is 1. The maximum Gasteiger partial charge on any atom is 0.254 e. The molecule has 0 aromatic rings. The third-order valence-corrected chi connectivity index (χ3v) is 2.02. The van der Waals surface area contributed by atoms with E-state index in [1.807, 2.05) is 0 Å². The van der Waals surface area contributed by atoms with Crippen molar-refractivity contribution in [2.45, 2.75) is 12.0 Å². The van der Waals surface area contributed by atoms with Crippen molar-refractivity contribution in [3.63, 3.8) is 0 Å². The Hall–Kier alpha value is -0.610. The fraction of sp³-hybridized carbons (Fsp3) is 0.857. The summed E-state index contributed by atoms with van der Waals surface area (Å²) >= 11 is 0. The lowest BCUT2D eigenvalue weighted by atomic mass is 10.0. The van der Waals surface area contributed by atoms with Crippen LogP contribution in [0.2, 0.25) is 0 Å². The molecule has 1 aliphatic heterocycles. The van der Waals surface area contributed by atoms with Crippen LogP contribution in [0.5, 0.6) is 0 Å². The Morgan fingerprint density at radius 2 is 2.45 bits per heavy atom. The zero-order chi connectivity index (χ0) is 8.32. The van der Waals surface area contributed by atoms with E-state index in [4.69, 9.17) is 9.47 Å². The molecule has 1 saturated heterocycles. The zero-order valence-electron chi connectivity index (χ0n) is 6.85. The van der Waals surface area contributed by atoms with Crippen LogP contribution in [0.25, 0.3) is 0 Å². The Balaban J connectivity index is 2.66. The molecule has 4 nitrogen and oxygen atoms in total. The highest BCUT2D eigenvalue weighted by molar-refractivity contribution is 5.85. The number of rotatable bonds is 2. The second-order valence-corrected chi connectivity index (χ2v) is 2.58. The first-order chi connectivity index (χ1) is 5.25. The van der Waals surface area contributed by atoms with Gasteiger partial charge in [-0.1, -0.05) is 0 Å². The lowest BCUT2D eigenvalue weighted by molar-refractivity contribution is -0.142. The minimum atomic E-state index is -0.727. The van der Waals surface area contributed by atoms with Crippen molar-refractivity contribution in [3.8, 4) is 0 Å². The molecule has 64 valence electrons. The number of hydrogen-bond acceptors (Lipinski definition) is 3. The Morgan fingerprint density at radius 3 is 2.82 bits per heavy atom. The summed E-state index contributed by atoms with van der Waals surface area (Å²) in [5.41, 5.74) is -0.727. The van der Waals surface area contributed by atoms with Crippen molar-refractivity contribution in [1.29, 1.82) is 0 Å². The molecule has 1 N–H and O–H groups in total. The minimum Gasteiger partial charge on any atom is -0.378 e. The fourth-order valence-electron chi connectivity index (χ4n) is 1.21. The van der Waals surface area contributed by atoms with Gasteiger partial charge in [0.05, 0.1) is 13.2 Å². The number of amides is 1. The normalized spacial score (nSPS) is 30.4. The van der Waals surface area contributed by atoms with E-state index in [9.17, 15) is 4.79 Å². The summed E-state index contributed by atoms with van der Waals surface area (Å²) in [6.45, 7) is 0.963.